The van der Waals surface area contributed by atoms with E-state index in [2.05, 4.69) is 37.2 Å². The van der Waals surface area contributed by atoms with Crippen LogP contribution in [0.15, 0.2) is 29.4 Å². The molecular formula is C12H17NO. The molecule has 76 valence electrons. The summed E-state index contributed by atoms with van der Waals surface area (Å²) in [4.78, 5) is 10.5. The molecule has 14 heavy (non-hydrogen) atoms. The number of hydrogen-bond acceptors (Lipinski definition) is 2. The van der Waals surface area contributed by atoms with Crippen LogP contribution in [0.4, 0.5) is 0 Å². The van der Waals surface area contributed by atoms with Crippen LogP contribution in [-0.2, 0) is 6.42 Å². The maximum atomic E-state index is 10.5. The molecule has 0 saturated carbocycles. The van der Waals surface area contributed by atoms with E-state index in [1.165, 1.54) is 11.1 Å². The molecule has 2 nitrogen and oxygen atoms in total. The van der Waals surface area contributed by atoms with Crippen LogP contribution < -0.4 is 0 Å². The molecule has 0 aliphatic heterocycles. The van der Waals surface area contributed by atoms with Crippen molar-refractivity contribution in [2.24, 2.45) is 5.18 Å². The Morgan fingerprint density at radius 1 is 1.43 bits per heavy atom. The summed E-state index contributed by atoms with van der Waals surface area (Å²) in [6, 6.07) is 8.21. The van der Waals surface area contributed by atoms with Crippen LogP contribution in [0, 0.1) is 11.8 Å². The number of rotatable bonds is 5. The minimum Gasteiger partial charge on any atom is -0.151 e. The van der Waals surface area contributed by atoms with E-state index < -0.39 is 0 Å². The SMILES string of the molecule is CCCC(Cc1cccc(C)c1)N=O. The number of benzene rings is 1. The van der Waals surface area contributed by atoms with Crippen molar-refractivity contribution < 1.29 is 0 Å². The van der Waals surface area contributed by atoms with E-state index in [0.29, 0.717) is 0 Å². The fourth-order valence-corrected chi connectivity index (χ4v) is 1.64. The van der Waals surface area contributed by atoms with Crippen LogP contribution in [0.25, 0.3) is 0 Å². The standard InChI is InChI=1S/C12H17NO/c1-3-5-12(13-14)9-11-7-4-6-10(2)8-11/h4,6-8,12H,3,5,9H2,1-2H3. The van der Waals surface area contributed by atoms with Crippen LogP contribution in [0.3, 0.4) is 0 Å². The first-order valence-corrected chi connectivity index (χ1v) is 5.14. The molecule has 1 aromatic carbocycles. The summed E-state index contributed by atoms with van der Waals surface area (Å²) in [6.07, 6.45) is 2.68. The highest BCUT2D eigenvalue weighted by molar-refractivity contribution is 5.22. The molecule has 0 amide bonds. The average molecular weight is 191 g/mol. The maximum absolute atomic E-state index is 10.5. The summed E-state index contributed by atoms with van der Waals surface area (Å²) in [7, 11) is 0. The van der Waals surface area contributed by atoms with Gasteiger partial charge in [-0.25, -0.2) is 0 Å². The Morgan fingerprint density at radius 2 is 2.21 bits per heavy atom. The summed E-state index contributed by atoms with van der Waals surface area (Å²) in [5, 5.41) is 3.15. The predicted octanol–water partition coefficient (Wildman–Crippen LogP) is 3.47. The monoisotopic (exact) mass is 191 g/mol. The van der Waals surface area contributed by atoms with E-state index in [0.717, 1.165) is 19.3 Å². The first kappa shape index (κ1) is 10.9. The Kier molecular flexibility index (Phi) is 4.30. The molecular weight excluding hydrogens is 174 g/mol. The van der Waals surface area contributed by atoms with E-state index in [4.69, 9.17) is 0 Å². The minimum absolute atomic E-state index is 0.0539. The Labute approximate surface area is 85.3 Å². The molecule has 0 saturated heterocycles. The lowest BCUT2D eigenvalue weighted by atomic mass is 10.0. The summed E-state index contributed by atoms with van der Waals surface area (Å²) >= 11 is 0. The molecule has 2 heteroatoms. The van der Waals surface area contributed by atoms with Gasteiger partial charge >= 0.3 is 0 Å². The highest BCUT2D eigenvalue weighted by Crippen LogP contribution is 2.11. The Morgan fingerprint density at radius 3 is 2.79 bits per heavy atom. The van der Waals surface area contributed by atoms with Crippen molar-refractivity contribution in [3.05, 3.63) is 40.3 Å². The third-order valence-electron chi connectivity index (χ3n) is 2.32. The molecule has 1 unspecified atom stereocenters. The van der Waals surface area contributed by atoms with Gasteiger partial charge in [0.1, 0.15) is 0 Å². The van der Waals surface area contributed by atoms with E-state index in [-0.39, 0.29) is 6.04 Å². The van der Waals surface area contributed by atoms with Gasteiger partial charge in [0.05, 0.1) is 6.04 Å². The Balaban J connectivity index is 2.62. The van der Waals surface area contributed by atoms with Crippen LogP contribution in [-0.4, -0.2) is 6.04 Å². The average Bonchev–Trinajstić information content (AvgIpc) is 2.17. The van der Waals surface area contributed by atoms with Gasteiger partial charge in [0.2, 0.25) is 0 Å². The number of nitrogens with zero attached hydrogens (tertiary/aromatic N) is 1. The molecule has 1 atom stereocenters. The fourth-order valence-electron chi connectivity index (χ4n) is 1.64. The number of aryl methyl sites for hydroxylation is 1. The third-order valence-corrected chi connectivity index (χ3v) is 2.32. The molecule has 1 aromatic rings. The van der Waals surface area contributed by atoms with Gasteiger partial charge in [-0.15, -0.1) is 0 Å². The van der Waals surface area contributed by atoms with Gasteiger partial charge in [0.15, 0.2) is 0 Å². The number of nitroso groups, excluding NO2 is 1. The van der Waals surface area contributed by atoms with Crippen molar-refractivity contribution in [2.45, 2.75) is 39.2 Å². The summed E-state index contributed by atoms with van der Waals surface area (Å²) < 4.78 is 0. The van der Waals surface area contributed by atoms with E-state index in [1.807, 2.05) is 6.07 Å². The largest absolute Gasteiger partial charge is 0.151 e. The second-order valence-corrected chi connectivity index (χ2v) is 3.74. The minimum atomic E-state index is -0.0539. The van der Waals surface area contributed by atoms with Crippen LogP contribution in [0.5, 0.6) is 0 Å². The fraction of sp³-hybridized carbons (Fsp3) is 0.500. The summed E-state index contributed by atoms with van der Waals surface area (Å²) in [5.41, 5.74) is 2.45. The lowest BCUT2D eigenvalue weighted by molar-refractivity contribution is 0.598. The van der Waals surface area contributed by atoms with Crippen LogP contribution in [0.2, 0.25) is 0 Å². The first-order chi connectivity index (χ1) is 6.76. The zero-order valence-corrected chi connectivity index (χ0v) is 8.86. The maximum Gasteiger partial charge on any atom is 0.0959 e. The van der Waals surface area contributed by atoms with E-state index >= 15 is 0 Å². The van der Waals surface area contributed by atoms with Crippen molar-refractivity contribution in [2.75, 3.05) is 0 Å². The molecule has 0 aliphatic carbocycles. The molecule has 0 radical (unpaired) electrons. The quantitative estimate of drug-likeness (QED) is 0.655. The second-order valence-electron chi connectivity index (χ2n) is 3.74. The zero-order valence-electron chi connectivity index (χ0n) is 8.86. The van der Waals surface area contributed by atoms with Gasteiger partial charge < -0.3 is 0 Å². The smallest absolute Gasteiger partial charge is 0.0959 e. The lowest BCUT2D eigenvalue weighted by Crippen LogP contribution is -2.07. The van der Waals surface area contributed by atoms with E-state index in [1.54, 1.807) is 0 Å². The van der Waals surface area contributed by atoms with Crippen molar-refractivity contribution in [1.82, 2.24) is 0 Å². The zero-order chi connectivity index (χ0) is 10.4. The first-order valence-electron chi connectivity index (χ1n) is 5.14. The molecule has 0 aliphatic rings. The van der Waals surface area contributed by atoms with Gasteiger partial charge in [0, 0.05) is 0 Å². The summed E-state index contributed by atoms with van der Waals surface area (Å²) in [6.45, 7) is 4.14. The second kappa shape index (κ2) is 5.53. The topological polar surface area (TPSA) is 29.4 Å². The highest BCUT2D eigenvalue weighted by atomic mass is 16.3. The molecule has 1 rings (SSSR count). The van der Waals surface area contributed by atoms with Gasteiger partial charge in [-0.05, 0) is 25.3 Å². The van der Waals surface area contributed by atoms with Gasteiger partial charge in [-0.2, -0.15) is 4.91 Å². The van der Waals surface area contributed by atoms with E-state index in [9.17, 15) is 4.91 Å². The van der Waals surface area contributed by atoms with Gasteiger partial charge in [-0.1, -0.05) is 48.4 Å². The normalized spacial score (nSPS) is 12.4. The lowest BCUT2D eigenvalue weighted by Gasteiger charge is -2.07. The van der Waals surface area contributed by atoms with Crippen molar-refractivity contribution in [1.29, 1.82) is 0 Å². The third kappa shape index (κ3) is 3.29. The molecule has 0 bridgehead atoms. The number of hydrogen-bond donors (Lipinski definition) is 0. The molecule has 0 aromatic heterocycles. The van der Waals surface area contributed by atoms with Crippen molar-refractivity contribution >= 4 is 0 Å². The molecule has 0 spiro atoms. The molecule has 0 heterocycles. The predicted molar refractivity (Wildman–Crippen MR) is 59.4 cm³/mol. The van der Waals surface area contributed by atoms with Crippen molar-refractivity contribution in [3.63, 3.8) is 0 Å². The van der Waals surface area contributed by atoms with Gasteiger partial charge in [-0.3, -0.25) is 0 Å². The van der Waals surface area contributed by atoms with Crippen molar-refractivity contribution in [3.8, 4) is 0 Å². The highest BCUT2D eigenvalue weighted by Gasteiger charge is 2.08. The molecule has 0 fully saturated rings. The Bertz CT molecular complexity index is 296. The Hall–Kier alpha value is -1.18. The van der Waals surface area contributed by atoms with Gasteiger partial charge in [0.25, 0.3) is 0 Å². The van der Waals surface area contributed by atoms with Crippen LogP contribution >= 0.6 is 0 Å². The molecule has 0 N–H and O–H groups in total. The summed E-state index contributed by atoms with van der Waals surface area (Å²) in [5.74, 6) is 0. The van der Waals surface area contributed by atoms with Crippen LogP contribution in [0.1, 0.15) is 30.9 Å².